The van der Waals surface area contributed by atoms with Gasteiger partial charge in [-0.25, -0.2) is 8.42 Å². The van der Waals surface area contributed by atoms with Gasteiger partial charge in [0, 0.05) is 12.1 Å². The van der Waals surface area contributed by atoms with E-state index < -0.39 is 10.0 Å². The minimum absolute atomic E-state index is 0.0798. The lowest BCUT2D eigenvalue weighted by Crippen LogP contribution is -3.14. The van der Waals surface area contributed by atoms with E-state index in [1.807, 2.05) is 0 Å². The molecule has 1 saturated heterocycles. The molecule has 0 atom stereocenters. The maximum atomic E-state index is 12.4. The summed E-state index contributed by atoms with van der Waals surface area (Å²) in [6.07, 6.45) is 0. The molecule has 2 N–H and O–H groups in total. The Hall–Kier alpha value is -1.84. The summed E-state index contributed by atoms with van der Waals surface area (Å²) in [4.78, 5) is 13.6. The van der Waals surface area contributed by atoms with Crippen LogP contribution < -0.4 is 19.7 Å². The van der Waals surface area contributed by atoms with Crippen molar-refractivity contribution in [2.75, 3.05) is 51.8 Å². The largest absolute Gasteiger partial charge is 0.454 e. The molecular formula is C16H24N3O5S+. The zero-order valence-electron chi connectivity index (χ0n) is 14.3. The number of hydrogen-bond acceptors (Lipinski definition) is 5. The van der Waals surface area contributed by atoms with Gasteiger partial charge in [0.15, 0.2) is 11.5 Å². The first-order valence-corrected chi connectivity index (χ1v) is 10.1. The van der Waals surface area contributed by atoms with E-state index in [2.05, 4.69) is 12.2 Å². The summed E-state index contributed by atoms with van der Waals surface area (Å²) < 4.78 is 36.7. The molecule has 0 spiro atoms. The number of piperazine rings is 1. The standard InChI is InChI=1S/C16H23N3O5S/c1-2-18-6-8-19(9-7-18)25(21,22)10-5-17-16(20)13-3-4-14-15(11-13)24-12-23-14/h3-4,11H,2,5-10,12H2,1H3,(H,17,20)/p+1. The molecule has 2 aliphatic rings. The quantitative estimate of drug-likeness (QED) is 0.650. The van der Waals surface area contributed by atoms with Crippen LogP contribution in [-0.4, -0.2) is 70.4 Å². The Morgan fingerprint density at radius 2 is 1.96 bits per heavy atom. The molecule has 3 rings (SSSR count). The molecule has 0 bridgehead atoms. The van der Waals surface area contributed by atoms with Crippen molar-refractivity contribution in [3.63, 3.8) is 0 Å². The maximum absolute atomic E-state index is 12.4. The van der Waals surface area contributed by atoms with Gasteiger partial charge in [-0.05, 0) is 25.1 Å². The molecule has 0 unspecified atom stereocenters. The van der Waals surface area contributed by atoms with Crippen molar-refractivity contribution in [3.8, 4) is 11.5 Å². The molecule has 1 aromatic carbocycles. The van der Waals surface area contributed by atoms with Gasteiger partial charge in [0.1, 0.15) is 0 Å². The van der Waals surface area contributed by atoms with Gasteiger partial charge in [-0.15, -0.1) is 0 Å². The number of fused-ring (bicyclic) bond motifs is 1. The summed E-state index contributed by atoms with van der Waals surface area (Å²) >= 11 is 0. The first-order chi connectivity index (χ1) is 12.0. The Morgan fingerprint density at radius 1 is 1.24 bits per heavy atom. The van der Waals surface area contributed by atoms with Gasteiger partial charge in [0.2, 0.25) is 16.8 Å². The van der Waals surface area contributed by atoms with Crippen molar-refractivity contribution in [2.45, 2.75) is 6.92 Å². The first kappa shape index (κ1) is 18.0. The van der Waals surface area contributed by atoms with E-state index in [9.17, 15) is 13.2 Å². The van der Waals surface area contributed by atoms with E-state index in [0.29, 0.717) is 30.2 Å². The highest BCUT2D eigenvalue weighted by atomic mass is 32.2. The summed E-state index contributed by atoms with van der Waals surface area (Å²) in [7, 11) is -3.34. The predicted octanol–water partition coefficient (Wildman–Crippen LogP) is -1.30. The van der Waals surface area contributed by atoms with Crippen molar-refractivity contribution in [2.24, 2.45) is 0 Å². The lowest BCUT2D eigenvalue weighted by atomic mass is 10.2. The smallest absolute Gasteiger partial charge is 0.251 e. The molecule has 1 aromatic rings. The molecule has 0 aliphatic carbocycles. The Bertz CT molecular complexity index is 729. The third kappa shape index (κ3) is 4.23. The average molecular weight is 370 g/mol. The molecular weight excluding hydrogens is 346 g/mol. The van der Waals surface area contributed by atoms with Crippen LogP contribution >= 0.6 is 0 Å². The maximum Gasteiger partial charge on any atom is 0.251 e. The third-order valence-corrected chi connectivity index (χ3v) is 6.48. The van der Waals surface area contributed by atoms with Gasteiger partial charge in [-0.2, -0.15) is 4.31 Å². The Kier molecular flexibility index (Phi) is 5.45. The number of ether oxygens (including phenoxy) is 2. The molecule has 2 aliphatic heterocycles. The molecule has 8 nitrogen and oxygen atoms in total. The minimum Gasteiger partial charge on any atom is -0.454 e. The highest BCUT2D eigenvalue weighted by Gasteiger charge is 2.28. The number of amides is 1. The Labute approximate surface area is 147 Å². The number of nitrogens with one attached hydrogen (secondary N) is 2. The van der Waals surface area contributed by atoms with Gasteiger partial charge < -0.3 is 19.7 Å². The Balaban J connectivity index is 1.49. The minimum atomic E-state index is -3.34. The Morgan fingerprint density at radius 3 is 2.68 bits per heavy atom. The number of hydrogen-bond donors (Lipinski definition) is 2. The first-order valence-electron chi connectivity index (χ1n) is 8.49. The second-order valence-electron chi connectivity index (χ2n) is 6.14. The van der Waals surface area contributed by atoms with Crippen LogP contribution in [0.15, 0.2) is 18.2 Å². The van der Waals surface area contributed by atoms with Crippen molar-refractivity contribution in [1.29, 1.82) is 0 Å². The number of rotatable bonds is 6. The number of sulfonamides is 1. The van der Waals surface area contributed by atoms with Gasteiger partial charge in [0.25, 0.3) is 5.91 Å². The molecule has 1 amide bonds. The third-order valence-electron chi connectivity index (χ3n) is 4.60. The van der Waals surface area contributed by atoms with Crippen LogP contribution in [0.1, 0.15) is 17.3 Å². The van der Waals surface area contributed by atoms with Crippen LogP contribution in [0.25, 0.3) is 0 Å². The van der Waals surface area contributed by atoms with Crippen LogP contribution in [-0.2, 0) is 10.0 Å². The van der Waals surface area contributed by atoms with Crippen LogP contribution in [0.5, 0.6) is 11.5 Å². The van der Waals surface area contributed by atoms with Gasteiger partial charge in [-0.1, -0.05) is 0 Å². The number of carbonyl (C=O) groups excluding carboxylic acids is 1. The van der Waals surface area contributed by atoms with Crippen molar-refractivity contribution in [1.82, 2.24) is 9.62 Å². The zero-order chi connectivity index (χ0) is 17.9. The fourth-order valence-corrected chi connectivity index (χ4v) is 4.35. The molecule has 25 heavy (non-hydrogen) atoms. The lowest BCUT2D eigenvalue weighted by Gasteiger charge is -2.30. The topological polar surface area (TPSA) is 89.4 Å². The zero-order valence-corrected chi connectivity index (χ0v) is 15.1. The van der Waals surface area contributed by atoms with Crippen molar-refractivity contribution >= 4 is 15.9 Å². The van der Waals surface area contributed by atoms with Crippen molar-refractivity contribution < 1.29 is 27.6 Å². The number of benzene rings is 1. The number of carbonyl (C=O) groups is 1. The highest BCUT2D eigenvalue weighted by Crippen LogP contribution is 2.32. The lowest BCUT2D eigenvalue weighted by molar-refractivity contribution is -0.901. The second kappa shape index (κ2) is 7.59. The SMILES string of the molecule is CC[NH+]1CCN(S(=O)(=O)CCNC(=O)c2ccc3c(c2)OCO3)CC1. The van der Waals surface area contributed by atoms with Crippen LogP contribution in [0.2, 0.25) is 0 Å². The summed E-state index contributed by atoms with van der Waals surface area (Å²) in [6.45, 7) is 6.09. The van der Waals surface area contributed by atoms with Crippen molar-refractivity contribution in [3.05, 3.63) is 23.8 Å². The van der Waals surface area contributed by atoms with Crippen LogP contribution in [0.3, 0.4) is 0 Å². The molecule has 0 aromatic heterocycles. The van der Waals surface area contributed by atoms with E-state index in [1.54, 1.807) is 18.2 Å². The molecule has 2 heterocycles. The molecule has 0 radical (unpaired) electrons. The van der Waals surface area contributed by atoms with Gasteiger partial charge >= 0.3 is 0 Å². The predicted molar refractivity (Wildman–Crippen MR) is 91.5 cm³/mol. The molecule has 138 valence electrons. The monoisotopic (exact) mass is 370 g/mol. The van der Waals surface area contributed by atoms with E-state index in [4.69, 9.17) is 9.47 Å². The number of likely N-dealkylation sites (N-methyl/N-ethyl adjacent to an activating group) is 1. The molecule has 9 heteroatoms. The summed E-state index contributed by atoms with van der Waals surface area (Å²) in [5, 5.41) is 2.66. The van der Waals surface area contributed by atoms with Crippen LogP contribution in [0, 0.1) is 0 Å². The highest BCUT2D eigenvalue weighted by molar-refractivity contribution is 7.89. The fraction of sp³-hybridized carbons (Fsp3) is 0.562. The second-order valence-corrected chi connectivity index (χ2v) is 8.23. The van der Waals surface area contributed by atoms with E-state index >= 15 is 0 Å². The average Bonchev–Trinajstić information content (AvgIpc) is 3.09. The summed E-state index contributed by atoms with van der Waals surface area (Å²) in [5.41, 5.74) is 0.418. The summed E-state index contributed by atoms with van der Waals surface area (Å²) in [6, 6.07) is 4.90. The molecule has 1 fully saturated rings. The van der Waals surface area contributed by atoms with E-state index in [0.717, 1.165) is 19.6 Å². The normalized spacial score (nSPS) is 18.3. The van der Waals surface area contributed by atoms with Gasteiger partial charge in [-0.3, -0.25) is 4.79 Å². The van der Waals surface area contributed by atoms with E-state index in [1.165, 1.54) is 9.21 Å². The number of nitrogens with zero attached hydrogens (tertiary/aromatic N) is 1. The van der Waals surface area contributed by atoms with E-state index in [-0.39, 0.29) is 25.0 Å². The summed E-state index contributed by atoms with van der Waals surface area (Å²) in [5.74, 6) is 0.711. The molecule has 0 saturated carbocycles. The van der Waals surface area contributed by atoms with Crippen LogP contribution in [0.4, 0.5) is 0 Å². The number of quaternary nitrogens is 1. The van der Waals surface area contributed by atoms with Gasteiger partial charge in [0.05, 0.1) is 38.5 Å². The fourth-order valence-electron chi connectivity index (χ4n) is 3.00.